The van der Waals surface area contributed by atoms with Gasteiger partial charge in [-0.05, 0) is 44.0 Å². The molecule has 3 N–H and O–H groups in total. The Balaban J connectivity index is 2.84. The molecule has 0 aliphatic heterocycles. The van der Waals surface area contributed by atoms with Crippen LogP contribution in [0.1, 0.15) is 44.0 Å². The number of hydrogen-bond acceptors (Lipinski definition) is 3. The summed E-state index contributed by atoms with van der Waals surface area (Å²) in [5.41, 5.74) is 6.55. The molecule has 0 bridgehead atoms. The van der Waals surface area contributed by atoms with Crippen molar-refractivity contribution >= 4 is 17.4 Å². The van der Waals surface area contributed by atoms with Crippen LogP contribution in [0.2, 0.25) is 0 Å². The molecule has 1 rings (SSSR count). The first-order valence-corrected chi connectivity index (χ1v) is 6.61. The molecule has 104 valence electrons. The van der Waals surface area contributed by atoms with Crippen molar-refractivity contribution in [1.29, 1.82) is 0 Å². The fourth-order valence-electron chi connectivity index (χ4n) is 2.00. The monoisotopic (exact) mass is 262 g/mol. The highest BCUT2D eigenvalue weighted by molar-refractivity contribution is 5.97. The molecular formula is C15H22N2O2. The molecule has 1 aromatic carbocycles. The van der Waals surface area contributed by atoms with Gasteiger partial charge in [0.2, 0.25) is 5.91 Å². The van der Waals surface area contributed by atoms with Crippen LogP contribution in [0.3, 0.4) is 0 Å². The van der Waals surface area contributed by atoms with Crippen LogP contribution in [0.4, 0.5) is 5.69 Å². The van der Waals surface area contributed by atoms with Crippen LogP contribution in [-0.4, -0.2) is 18.2 Å². The molecule has 0 aromatic heterocycles. The van der Waals surface area contributed by atoms with Crippen molar-refractivity contribution in [3.8, 4) is 0 Å². The molecule has 0 saturated heterocycles. The summed E-state index contributed by atoms with van der Waals surface area (Å²) in [5.74, 6) is -0.0492. The summed E-state index contributed by atoms with van der Waals surface area (Å²) >= 11 is 0. The first kappa shape index (κ1) is 15.4. The van der Waals surface area contributed by atoms with E-state index >= 15 is 0 Å². The van der Waals surface area contributed by atoms with Gasteiger partial charge in [0, 0.05) is 17.8 Å². The highest BCUT2D eigenvalue weighted by atomic mass is 16.2. The molecule has 19 heavy (non-hydrogen) atoms. The van der Waals surface area contributed by atoms with E-state index in [2.05, 4.69) is 5.32 Å². The number of nitrogens with one attached hydrogen (secondary N) is 1. The van der Waals surface area contributed by atoms with Crippen LogP contribution in [-0.2, 0) is 4.79 Å². The van der Waals surface area contributed by atoms with Crippen molar-refractivity contribution in [2.45, 2.75) is 33.6 Å². The smallest absolute Gasteiger partial charge is 0.231 e. The van der Waals surface area contributed by atoms with E-state index in [1.165, 1.54) is 6.92 Å². The highest BCUT2D eigenvalue weighted by Crippen LogP contribution is 2.27. The summed E-state index contributed by atoms with van der Waals surface area (Å²) in [6.07, 6.45) is 1.41. The van der Waals surface area contributed by atoms with Crippen molar-refractivity contribution in [3.63, 3.8) is 0 Å². The minimum absolute atomic E-state index is 0.0105. The second-order valence-electron chi connectivity index (χ2n) is 4.78. The number of anilines is 1. The van der Waals surface area contributed by atoms with E-state index in [-0.39, 0.29) is 11.7 Å². The fraction of sp³-hybridized carbons (Fsp3) is 0.467. The number of benzene rings is 1. The summed E-state index contributed by atoms with van der Waals surface area (Å²) in [4.78, 5) is 23.5. The summed E-state index contributed by atoms with van der Waals surface area (Å²) in [5, 5.41) is 2.87. The van der Waals surface area contributed by atoms with Gasteiger partial charge in [0.05, 0.1) is 5.41 Å². The Labute approximate surface area is 114 Å². The quantitative estimate of drug-likeness (QED) is 0.774. The van der Waals surface area contributed by atoms with Crippen molar-refractivity contribution in [2.24, 2.45) is 11.1 Å². The third-order valence-corrected chi connectivity index (χ3v) is 3.78. The van der Waals surface area contributed by atoms with Gasteiger partial charge in [-0.25, -0.2) is 0 Å². The lowest BCUT2D eigenvalue weighted by molar-refractivity contribution is -0.125. The summed E-state index contributed by atoms with van der Waals surface area (Å²) in [7, 11) is 0. The number of rotatable bonds is 6. The number of nitrogens with two attached hydrogens (primary N) is 1. The predicted octanol–water partition coefficient (Wildman–Crippen LogP) is 2.59. The predicted molar refractivity (Wildman–Crippen MR) is 77.1 cm³/mol. The molecule has 0 aliphatic rings. The molecule has 0 radical (unpaired) electrons. The first-order valence-electron chi connectivity index (χ1n) is 6.61. The Morgan fingerprint density at radius 3 is 2.05 bits per heavy atom. The number of amides is 1. The largest absolute Gasteiger partial charge is 0.329 e. The normalized spacial score (nSPS) is 11.2. The van der Waals surface area contributed by atoms with Gasteiger partial charge < -0.3 is 11.1 Å². The van der Waals surface area contributed by atoms with E-state index in [1.54, 1.807) is 24.3 Å². The lowest BCUT2D eigenvalue weighted by Gasteiger charge is -2.28. The average molecular weight is 262 g/mol. The van der Waals surface area contributed by atoms with Gasteiger partial charge in [0.25, 0.3) is 0 Å². The minimum atomic E-state index is -0.515. The molecular weight excluding hydrogens is 240 g/mol. The highest BCUT2D eigenvalue weighted by Gasteiger charge is 2.33. The molecule has 0 spiro atoms. The van der Waals surface area contributed by atoms with E-state index in [4.69, 9.17) is 5.73 Å². The molecule has 1 aromatic rings. The zero-order valence-corrected chi connectivity index (χ0v) is 11.8. The molecule has 0 fully saturated rings. The molecule has 4 nitrogen and oxygen atoms in total. The van der Waals surface area contributed by atoms with Crippen molar-refractivity contribution < 1.29 is 9.59 Å². The van der Waals surface area contributed by atoms with Gasteiger partial charge in [-0.1, -0.05) is 13.8 Å². The third kappa shape index (κ3) is 3.41. The Morgan fingerprint density at radius 2 is 1.68 bits per heavy atom. The molecule has 0 atom stereocenters. The summed E-state index contributed by atoms with van der Waals surface area (Å²) in [6, 6.07) is 6.89. The van der Waals surface area contributed by atoms with Crippen molar-refractivity contribution in [1.82, 2.24) is 0 Å². The van der Waals surface area contributed by atoms with E-state index in [0.29, 0.717) is 30.6 Å². The zero-order valence-electron chi connectivity index (χ0n) is 11.8. The zero-order chi connectivity index (χ0) is 14.5. The number of Topliss-reactive ketones (excluding diaryl/α,β-unsaturated/α-hetero) is 1. The lowest BCUT2D eigenvalue weighted by Crippen LogP contribution is -2.41. The van der Waals surface area contributed by atoms with Crippen LogP contribution in [0.25, 0.3) is 0 Å². The van der Waals surface area contributed by atoms with Gasteiger partial charge in [0.15, 0.2) is 5.78 Å². The number of carbonyl (C=O) groups excluding carboxylic acids is 2. The minimum Gasteiger partial charge on any atom is -0.329 e. The number of carbonyl (C=O) groups is 2. The second kappa shape index (κ2) is 6.48. The molecule has 0 unspecified atom stereocenters. The topological polar surface area (TPSA) is 72.2 Å². The molecule has 0 aliphatic carbocycles. The third-order valence-electron chi connectivity index (χ3n) is 3.78. The maximum Gasteiger partial charge on any atom is 0.231 e. The Morgan fingerprint density at radius 1 is 1.16 bits per heavy atom. The van der Waals surface area contributed by atoms with Crippen LogP contribution >= 0.6 is 0 Å². The molecule has 0 saturated carbocycles. The molecule has 0 heterocycles. The molecule has 4 heteroatoms. The van der Waals surface area contributed by atoms with Gasteiger partial charge in [-0.15, -0.1) is 0 Å². The van der Waals surface area contributed by atoms with E-state index in [9.17, 15) is 9.59 Å². The van der Waals surface area contributed by atoms with Crippen molar-refractivity contribution in [3.05, 3.63) is 29.8 Å². The first-order chi connectivity index (χ1) is 8.99. The summed E-state index contributed by atoms with van der Waals surface area (Å²) in [6.45, 7) is 5.78. The van der Waals surface area contributed by atoms with Crippen LogP contribution in [0.5, 0.6) is 0 Å². The van der Waals surface area contributed by atoms with E-state index in [0.717, 1.165) is 0 Å². The summed E-state index contributed by atoms with van der Waals surface area (Å²) < 4.78 is 0. The van der Waals surface area contributed by atoms with Crippen LogP contribution in [0, 0.1) is 5.41 Å². The van der Waals surface area contributed by atoms with Crippen LogP contribution in [0.15, 0.2) is 24.3 Å². The van der Waals surface area contributed by atoms with E-state index < -0.39 is 5.41 Å². The Bertz CT molecular complexity index is 439. The maximum atomic E-state index is 12.3. The molecule has 1 amide bonds. The second-order valence-corrected chi connectivity index (χ2v) is 4.78. The average Bonchev–Trinajstić information content (AvgIpc) is 2.42. The number of hydrogen-bond donors (Lipinski definition) is 2. The Kier molecular flexibility index (Phi) is 5.24. The van der Waals surface area contributed by atoms with Gasteiger partial charge >= 0.3 is 0 Å². The van der Waals surface area contributed by atoms with E-state index in [1.807, 2.05) is 13.8 Å². The standard InChI is InChI=1S/C15H22N2O2/c1-4-15(5-2,10-16)14(19)17-13-8-6-12(7-9-13)11(3)18/h6-9H,4-5,10,16H2,1-3H3,(H,17,19). The fourth-order valence-corrected chi connectivity index (χ4v) is 2.00. The van der Waals surface area contributed by atoms with Gasteiger partial charge in [-0.3, -0.25) is 9.59 Å². The lowest BCUT2D eigenvalue weighted by atomic mass is 9.81. The van der Waals surface area contributed by atoms with Gasteiger partial charge in [-0.2, -0.15) is 0 Å². The Hall–Kier alpha value is -1.68. The number of ketones is 1. The van der Waals surface area contributed by atoms with Crippen molar-refractivity contribution in [2.75, 3.05) is 11.9 Å². The van der Waals surface area contributed by atoms with Crippen LogP contribution < -0.4 is 11.1 Å². The SMILES string of the molecule is CCC(CC)(CN)C(=O)Nc1ccc(C(C)=O)cc1. The maximum absolute atomic E-state index is 12.3. The van der Waals surface area contributed by atoms with Gasteiger partial charge in [0.1, 0.15) is 0 Å².